The summed E-state index contributed by atoms with van der Waals surface area (Å²) in [5.41, 5.74) is 2.58. The van der Waals surface area contributed by atoms with E-state index in [4.69, 9.17) is 23.2 Å². The van der Waals surface area contributed by atoms with Gasteiger partial charge in [0.25, 0.3) is 0 Å². The predicted molar refractivity (Wildman–Crippen MR) is 94.9 cm³/mol. The van der Waals surface area contributed by atoms with Gasteiger partial charge in [-0.1, -0.05) is 48.0 Å². The molecule has 3 heteroatoms. The predicted octanol–water partition coefficient (Wildman–Crippen LogP) is 6.19. The lowest BCUT2D eigenvalue weighted by Crippen LogP contribution is -2.10. The molecule has 2 aromatic carbocycles. The van der Waals surface area contributed by atoms with Gasteiger partial charge >= 0.3 is 0 Å². The molecule has 3 aromatic rings. The number of halogens is 2. The molecule has 0 nitrogen and oxygen atoms in total. The average Bonchev–Trinajstić information content (AvgIpc) is 2.92. The van der Waals surface area contributed by atoms with Crippen molar-refractivity contribution in [2.75, 3.05) is 5.88 Å². The molecular formula is C18H16Cl2S. The molecule has 0 amide bonds. The lowest BCUT2D eigenvalue weighted by Gasteiger charge is -2.14. The summed E-state index contributed by atoms with van der Waals surface area (Å²) in [4.78, 5) is 0. The fourth-order valence-electron chi connectivity index (χ4n) is 2.66. The van der Waals surface area contributed by atoms with Gasteiger partial charge in [-0.05, 0) is 52.8 Å². The van der Waals surface area contributed by atoms with Crippen LogP contribution in [-0.2, 0) is 12.8 Å². The summed E-state index contributed by atoms with van der Waals surface area (Å²) in [5.74, 6) is 1.06. The van der Waals surface area contributed by atoms with E-state index in [1.165, 1.54) is 21.2 Å². The molecule has 0 fully saturated rings. The van der Waals surface area contributed by atoms with Gasteiger partial charge in [-0.25, -0.2) is 0 Å². The van der Waals surface area contributed by atoms with Crippen molar-refractivity contribution in [1.29, 1.82) is 0 Å². The summed E-state index contributed by atoms with van der Waals surface area (Å²) in [6, 6.07) is 16.6. The zero-order valence-corrected chi connectivity index (χ0v) is 13.9. The van der Waals surface area contributed by atoms with Crippen molar-refractivity contribution in [3.8, 4) is 0 Å². The van der Waals surface area contributed by atoms with E-state index in [1.54, 1.807) is 11.3 Å². The summed E-state index contributed by atoms with van der Waals surface area (Å²) < 4.78 is 1.35. The number of fused-ring (bicyclic) bond motifs is 1. The van der Waals surface area contributed by atoms with Crippen LogP contribution < -0.4 is 0 Å². The van der Waals surface area contributed by atoms with E-state index in [0.717, 1.165) is 17.9 Å². The van der Waals surface area contributed by atoms with Gasteiger partial charge in [0.05, 0.1) is 0 Å². The van der Waals surface area contributed by atoms with Gasteiger partial charge in [0.1, 0.15) is 0 Å². The number of alkyl halides is 1. The Morgan fingerprint density at radius 2 is 1.62 bits per heavy atom. The van der Waals surface area contributed by atoms with E-state index in [2.05, 4.69) is 35.7 Å². The maximum atomic E-state index is 6.26. The molecule has 0 bridgehead atoms. The maximum Gasteiger partial charge on any atom is 0.0438 e. The molecule has 1 unspecified atom stereocenters. The number of hydrogen-bond donors (Lipinski definition) is 0. The normalized spacial score (nSPS) is 12.7. The Kier molecular flexibility index (Phi) is 4.84. The molecule has 3 rings (SSSR count). The van der Waals surface area contributed by atoms with E-state index in [9.17, 15) is 0 Å². The Labute approximate surface area is 139 Å². The van der Waals surface area contributed by atoms with Crippen LogP contribution in [0.4, 0.5) is 0 Å². The molecule has 0 saturated heterocycles. The quantitative estimate of drug-likeness (QED) is 0.487. The first kappa shape index (κ1) is 14.9. The molecule has 108 valence electrons. The number of hydrogen-bond acceptors (Lipinski definition) is 1. The van der Waals surface area contributed by atoms with Gasteiger partial charge in [0, 0.05) is 15.6 Å². The van der Waals surface area contributed by atoms with Crippen LogP contribution in [0.5, 0.6) is 0 Å². The topological polar surface area (TPSA) is 0 Å². The SMILES string of the molecule is ClCC(Cc1ccccc1Cl)Cc1csc2ccccc12. The first-order valence-corrected chi connectivity index (χ1v) is 8.81. The van der Waals surface area contributed by atoms with Gasteiger partial charge in [0.15, 0.2) is 0 Å². The lowest BCUT2D eigenvalue weighted by molar-refractivity contribution is 0.587. The van der Waals surface area contributed by atoms with Crippen molar-refractivity contribution in [3.05, 3.63) is 70.1 Å². The molecule has 1 heterocycles. The molecule has 0 saturated carbocycles. The van der Waals surface area contributed by atoms with Gasteiger partial charge in [-0.15, -0.1) is 22.9 Å². The molecule has 0 radical (unpaired) electrons. The Bertz CT molecular complexity index is 733. The van der Waals surface area contributed by atoms with Crippen molar-refractivity contribution in [2.45, 2.75) is 12.8 Å². The van der Waals surface area contributed by atoms with Gasteiger partial charge in [-0.2, -0.15) is 0 Å². The highest BCUT2D eigenvalue weighted by Gasteiger charge is 2.14. The lowest BCUT2D eigenvalue weighted by atomic mass is 9.94. The second-order valence-electron chi connectivity index (χ2n) is 5.28. The van der Waals surface area contributed by atoms with E-state index in [-0.39, 0.29) is 0 Å². The van der Waals surface area contributed by atoms with E-state index >= 15 is 0 Å². The van der Waals surface area contributed by atoms with Gasteiger partial charge in [-0.3, -0.25) is 0 Å². The smallest absolute Gasteiger partial charge is 0.0438 e. The van der Waals surface area contributed by atoms with Crippen LogP contribution in [0.1, 0.15) is 11.1 Å². The van der Waals surface area contributed by atoms with Crippen LogP contribution in [-0.4, -0.2) is 5.88 Å². The second-order valence-corrected chi connectivity index (χ2v) is 6.90. The monoisotopic (exact) mass is 334 g/mol. The largest absolute Gasteiger partial charge is 0.144 e. The fraction of sp³-hybridized carbons (Fsp3) is 0.222. The Morgan fingerprint density at radius 1 is 0.905 bits per heavy atom. The molecule has 0 spiro atoms. The van der Waals surface area contributed by atoms with Gasteiger partial charge < -0.3 is 0 Å². The molecular weight excluding hydrogens is 319 g/mol. The summed E-state index contributed by atoms with van der Waals surface area (Å²) in [6.45, 7) is 0. The van der Waals surface area contributed by atoms with Crippen LogP contribution in [0.25, 0.3) is 10.1 Å². The first-order chi connectivity index (χ1) is 10.3. The minimum absolute atomic E-state index is 0.407. The Balaban J connectivity index is 1.80. The highest BCUT2D eigenvalue weighted by atomic mass is 35.5. The molecule has 0 aliphatic heterocycles. The van der Waals surface area contributed by atoms with Crippen molar-refractivity contribution in [1.82, 2.24) is 0 Å². The molecule has 1 atom stereocenters. The Morgan fingerprint density at radius 3 is 2.43 bits per heavy atom. The zero-order valence-electron chi connectivity index (χ0n) is 11.6. The Hall–Kier alpha value is -1.02. The maximum absolute atomic E-state index is 6.26. The summed E-state index contributed by atoms with van der Waals surface area (Å²) in [7, 11) is 0. The summed E-state index contributed by atoms with van der Waals surface area (Å²) in [5, 5.41) is 4.45. The van der Waals surface area contributed by atoms with Crippen molar-refractivity contribution in [2.24, 2.45) is 5.92 Å². The average molecular weight is 335 g/mol. The van der Waals surface area contributed by atoms with E-state index < -0.39 is 0 Å². The first-order valence-electron chi connectivity index (χ1n) is 7.02. The van der Waals surface area contributed by atoms with Crippen LogP contribution in [0, 0.1) is 5.92 Å². The van der Waals surface area contributed by atoms with Gasteiger partial charge in [0.2, 0.25) is 0 Å². The number of rotatable bonds is 5. The highest BCUT2D eigenvalue weighted by molar-refractivity contribution is 7.17. The molecule has 0 N–H and O–H groups in total. The molecule has 0 aliphatic carbocycles. The molecule has 21 heavy (non-hydrogen) atoms. The minimum atomic E-state index is 0.407. The number of thiophene rings is 1. The molecule has 0 aliphatic rings. The fourth-order valence-corrected chi connectivity index (χ4v) is 4.06. The summed E-state index contributed by atoms with van der Waals surface area (Å²) >= 11 is 14.3. The van der Waals surface area contributed by atoms with Crippen LogP contribution in [0.15, 0.2) is 53.9 Å². The van der Waals surface area contributed by atoms with Crippen LogP contribution in [0.2, 0.25) is 5.02 Å². The second kappa shape index (κ2) is 6.83. The summed E-state index contributed by atoms with van der Waals surface area (Å²) in [6.07, 6.45) is 1.92. The standard InChI is InChI=1S/C18H16Cl2S/c19-11-13(9-14-5-1-3-7-17(14)20)10-15-12-21-18-8-4-2-6-16(15)18/h1-8,12-13H,9-11H2. The third kappa shape index (κ3) is 3.42. The zero-order chi connectivity index (χ0) is 14.7. The highest BCUT2D eigenvalue weighted by Crippen LogP contribution is 2.29. The van der Waals surface area contributed by atoms with Crippen molar-refractivity contribution < 1.29 is 0 Å². The van der Waals surface area contributed by atoms with E-state index in [0.29, 0.717) is 11.8 Å². The minimum Gasteiger partial charge on any atom is -0.144 e. The third-order valence-corrected chi connectivity index (χ3v) is 5.57. The third-order valence-electron chi connectivity index (χ3n) is 3.75. The molecule has 1 aromatic heterocycles. The van der Waals surface area contributed by atoms with Crippen LogP contribution >= 0.6 is 34.5 Å². The van der Waals surface area contributed by atoms with Crippen molar-refractivity contribution >= 4 is 44.6 Å². The van der Waals surface area contributed by atoms with Crippen LogP contribution in [0.3, 0.4) is 0 Å². The van der Waals surface area contributed by atoms with E-state index in [1.807, 2.05) is 18.2 Å². The van der Waals surface area contributed by atoms with Crippen molar-refractivity contribution in [3.63, 3.8) is 0 Å². The number of benzene rings is 2.